The van der Waals surface area contributed by atoms with E-state index in [1.807, 2.05) is 6.26 Å². The molecule has 24 heavy (non-hydrogen) atoms. The van der Waals surface area contributed by atoms with Crippen molar-refractivity contribution >= 4 is 45.3 Å². The number of hydrogen-bond acceptors (Lipinski definition) is 6. The summed E-state index contributed by atoms with van der Waals surface area (Å²) in [6.07, 6.45) is 2.26. The molecule has 0 saturated carbocycles. The quantitative estimate of drug-likeness (QED) is 0.606. The van der Waals surface area contributed by atoms with E-state index in [0.29, 0.717) is 17.2 Å². The smallest absolute Gasteiger partial charge is 0.328 e. The number of halogens is 1. The molecule has 10 heteroatoms. The molecule has 0 aliphatic heterocycles. The number of sulfonamides is 1. The standard InChI is InChI=1S/C14H19ClN2O5S2/c1-22-14(19)12(7-8-23-2)17-13(18)9-16-24(20,21)11-5-3-10(15)4-6-11/h3-6,12,16H,7-9H2,1-2H3,(H,17,18)/t12-/m0/s1. The van der Waals surface area contributed by atoms with Crippen molar-refractivity contribution in [2.75, 3.05) is 25.7 Å². The van der Waals surface area contributed by atoms with Crippen LogP contribution >= 0.6 is 23.4 Å². The van der Waals surface area contributed by atoms with E-state index < -0.39 is 34.5 Å². The summed E-state index contributed by atoms with van der Waals surface area (Å²) in [6, 6.07) is 4.73. The molecule has 134 valence electrons. The fourth-order valence-corrected chi connectivity index (χ4v) is 3.31. The summed E-state index contributed by atoms with van der Waals surface area (Å²) in [5.74, 6) is -0.543. The highest BCUT2D eigenvalue weighted by Gasteiger charge is 2.22. The van der Waals surface area contributed by atoms with Crippen LogP contribution in [0.3, 0.4) is 0 Å². The van der Waals surface area contributed by atoms with Crippen LogP contribution in [-0.2, 0) is 24.3 Å². The van der Waals surface area contributed by atoms with Crippen molar-refractivity contribution < 1.29 is 22.7 Å². The van der Waals surface area contributed by atoms with Gasteiger partial charge in [-0.05, 0) is 42.7 Å². The van der Waals surface area contributed by atoms with Gasteiger partial charge >= 0.3 is 5.97 Å². The van der Waals surface area contributed by atoms with Crippen molar-refractivity contribution in [3.63, 3.8) is 0 Å². The summed E-state index contributed by atoms with van der Waals surface area (Å²) in [6.45, 7) is -0.488. The molecule has 1 aromatic rings. The van der Waals surface area contributed by atoms with E-state index in [2.05, 4.69) is 14.8 Å². The summed E-state index contributed by atoms with van der Waals surface area (Å²) >= 11 is 7.23. The van der Waals surface area contributed by atoms with Gasteiger partial charge < -0.3 is 10.1 Å². The molecule has 0 heterocycles. The van der Waals surface area contributed by atoms with Gasteiger partial charge in [-0.25, -0.2) is 17.9 Å². The van der Waals surface area contributed by atoms with E-state index in [0.717, 1.165) is 0 Å². The predicted molar refractivity (Wildman–Crippen MR) is 93.6 cm³/mol. The van der Waals surface area contributed by atoms with Crippen LogP contribution in [0.2, 0.25) is 5.02 Å². The summed E-state index contributed by atoms with van der Waals surface area (Å²) in [5, 5.41) is 2.86. The Morgan fingerprint density at radius 3 is 2.46 bits per heavy atom. The molecule has 1 rings (SSSR count). The zero-order valence-electron chi connectivity index (χ0n) is 13.2. The van der Waals surface area contributed by atoms with E-state index in [-0.39, 0.29) is 4.90 Å². The first-order valence-corrected chi connectivity index (χ1v) is 10.2. The third-order valence-electron chi connectivity index (χ3n) is 2.98. The number of esters is 1. The number of nitrogens with one attached hydrogen (secondary N) is 2. The molecule has 7 nitrogen and oxygen atoms in total. The Kier molecular flexibility index (Phi) is 8.54. The van der Waals surface area contributed by atoms with Gasteiger partial charge in [0.05, 0.1) is 18.6 Å². The maximum absolute atomic E-state index is 12.1. The zero-order chi connectivity index (χ0) is 18.2. The van der Waals surface area contributed by atoms with Gasteiger partial charge in [-0.1, -0.05) is 11.6 Å². The van der Waals surface area contributed by atoms with E-state index in [1.165, 1.54) is 43.1 Å². The van der Waals surface area contributed by atoms with Gasteiger partial charge in [-0.3, -0.25) is 4.79 Å². The van der Waals surface area contributed by atoms with Gasteiger partial charge in [0.15, 0.2) is 0 Å². The lowest BCUT2D eigenvalue weighted by molar-refractivity contribution is -0.145. The van der Waals surface area contributed by atoms with Crippen LogP contribution in [0.25, 0.3) is 0 Å². The molecule has 1 aromatic carbocycles. The molecular formula is C14H19ClN2O5S2. The highest BCUT2D eigenvalue weighted by atomic mass is 35.5. The van der Waals surface area contributed by atoms with Crippen molar-refractivity contribution in [3.05, 3.63) is 29.3 Å². The zero-order valence-corrected chi connectivity index (χ0v) is 15.6. The lowest BCUT2D eigenvalue weighted by atomic mass is 10.2. The van der Waals surface area contributed by atoms with Crippen molar-refractivity contribution in [3.8, 4) is 0 Å². The van der Waals surface area contributed by atoms with E-state index in [1.54, 1.807) is 0 Å². The molecule has 0 radical (unpaired) electrons. The van der Waals surface area contributed by atoms with E-state index >= 15 is 0 Å². The van der Waals surface area contributed by atoms with Crippen molar-refractivity contribution in [1.82, 2.24) is 10.0 Å². The normalized spacial score (nSPS) is 12.5. The molecule has 2 N–H and O–H groups in total. The Hall–Kier alpha value is -1.29. The number of carbonyl (C=O) groups is 2. The van der Waals surface area contributed by atoms with E-state index in [4.69, 9.17) is 11.6 Å². The number of hydrogen-bond donors (Lipinski definition) is 2. The average Bonchev–Trinajstić information content (AvgIpc) is 2.56. The largest absolute Gasteiger partial charge is 0.467 e. The number of methoxy groups -OCH3 is 1. The third kappa shape index (κ3) is 6.68. The summed E-state index contributed by atoms with van der Waals surface area (Å²) < 4.78 is 30.9. The molecule has 0 aliphatic carbocycles. The van der Waals surface area contributed by atoms with Gasteiger partial charge in [0.25, 0.3) is 0 Å². The topological polar surface area (TPSA) is 102 Å². The molecular weight excluding hydrogens is 376 g/mol. The molecule has 1 atom stereocenters. The van der Waals surface area contributed by atoms with Crippen LogP contribution in [0, 0.1) is 0 Å². The van der Waals surface area contributed by atoms with Crippen LogP contribution in [0.4, 0.5) is 0 Å². The lowest BCUT2D eigenvalue weighted by Gasteiger charge is -2.16. The number of amides is 1. The maximum Gasteiger partial charge on any atom is 0.328 e. The van der Waals surface area contributed by atoms with Crippen molar-refractivity contribution in [2.45, 2.75) is 17.4 Å². The predicted octanol–water partition coefficient (Wildman–Crippen LogP) is 1.03. The van der Waals surface area contributed by atoms with Gasteiger partial charge in [0.2, 0.25) is 15.9 Å². The number of rotatable bonds is 9. The first-order chi connectivity index (χ1) is 11.3. The third-order valence-corrected chi connectivity index (χ3v) is 5.29. The Morgan fingerprint density at radius 2 is 1.92 bits per heavy atom. The van der Waals surface area contributed by atoms with Crippen molar-refractivity contribution in [1.29, 1.82) is 0 Å². The minimum Gasteiger partial charge on any atom is -0.467 e. The number of ether oxygens (including phenoxy) is 1. The number of benzene rings is 1. The van der Waals surface area contributed by atoms with Gasteiger partial charge in [0.1, 0.15) is 6.04 Å². The fraction of sp³-hybridized carbons (Fsp3) is 0.429. The van der Waals surface area contributed by atoms with Gasteiger partial charge in [-0.2, -0.15) is 11.8 Å². The van der Waals surface area contributed by atoms with E-state index in [9.17, 15) is 18.0 Å². The molecule has 0 aromatic heterocycles. The second-order valence-corrected chi connectivity index (χ2v) is 7.89. The Morgan fingerprint density at radius 1 is 1.29 bits per heavy atom. The number of carbonyl (C=O) groups excluding carboxylic acids is 2. The molecule has 0 fully saturated rings. The molecule has 0 bridgehead atoms. The minimum absolute atomic E-state index is 0.00778. The first-order valence-electron chi connectivity index (χ1n) is 6.91. The fourth-order valence-electron chi connectivity index (χ4n) is 1.73. The van der Waals surface area contributed by atoms with Crippen molar-refractivity contribution in [2.24, 2.45) is 0 Å². The highest BCUT2D eigenvalue weighted by molar-refractivity contribution is 7.98. The molecule has 0 spiro atoms. The number of thioether (sulfide) groups is 1. The van der Waals surface area contributed by atoms with Crippen LogP contribution < -0.4 is 10.0 Å². The summed E-state index contributed by atoms with van der Waals surface area (Å²) in [4.78, 5) is 23.5. The van der Waals surface area contributed by atoms with Crippen LogP contribution in [-0.4, -0.2) is 52.0 Å². The SMILES string of the molecule is COC(=O)[C@H](CCSC)NC(=O)CNS(=O)(=O)c1ccc(Cl)cc1. The van der Waals surface area contributed by atoms with Crippen LogP contribution in [0.15, 0.2) is 29.2 Å². The lowest BCUT2D eigenvalue weighted by Crippen LogP contribution is -2.46. The monoisotopic (exact) mass is 394 g/mol. The molecule has 0 aliphatic rings. The first kappa shape index (κ1) is 20.8. The summed E-state index contributed by atoms with van der Waals surface area (Å²) in [7, 11) is -2.61. The van der Waals surface area contributed by atoms with Gasteiger partial charge in [0, 0.05) is 5.02 Å². The maximum atomic E-state index is 12.1. The summed E-state index contributed by atoms with van der Waals surface area (Å²) in [5.41, 5.74) is 0. The second kappa shape index (κ2) is 9.87. The average molecular weight is 395 g/mol. The molecule has 1 amide bonds. The Labute approximate surface area is 150 Å². The Bertz CT molecular complexity index is 664. The minimum atomic E-state index is -3.84. The highest BCUT2D eigenvalue weighted by Crippen LogP contribution is 2.13. The Balaban J connectivity index is 2.63. The molecule has 0 saturated heterocycles. The van der Waals surface area contributed by atoms with Gasteiger partial charge in [-0.15, -0.1) is 0 Å². The van der Waals surface area contributed by atoms with Crippen LogP contribution in [0.1, 0.15) is 6.42 Å². The second-order valence-electron chi connectivity index (χ2n) is 4.70. The van der Waals surface area contributed by atoms with Crippen LogP contribution in [0.5, 0.6) is 0 Å². The molecule has 0 unspecified atom stereocenters.